The summed E-state index contributed by atoms with van der Waals surface area (Å²) in [6.07, 6.45) is 7.95. The van der Waals surface area contributed by atoms with E-state index in [1.807, 2.05) is 31.2 Å². The van der Waals surface area contributed by atoms with E-state index in [9.17, 15) is 0 Å². The molecule has 0 aromatic heterocycles. The van der Waals surface area contributed by atoms with Gasteiger partial charge in [-0.2, -0.15) is 0 Å². The molecule has 2 rings (SSSR count). The maximum Gasteiger partial charge on any atom is 0.125 e. The molecule has 0 aliphatic rings. The fourth-order valence-electron chi connectivity index (χ4n) is 3.41. The molecule has 2 aromatic rings. The van der Waals surface area contributed by atoms with E-state index in [-0.39, 0.29) is 0 Å². The van der Waals surface area contributed by atoms with Gasteiger partial charge in [0.15, 0.2) is 0 Å². The van der Waals surface area contributed by atoms with Crippen molar-refractivity contribution < 1.29 is 14.3 Å². The van der Waals surface area contributed by atoms with Crippen LogP contribution in [-0.4, -0.2) is 26.0 Å². The summed E-state index contributed by atoms with van der Waals surface area (Å²) in [7, 11) is 1.59. The Morgan fingerprint density at radius 1 is 1.03 bits per heavy atom. The first kappa shape index (κ1) is 23.5. The molecule has 4 heteroatoms. The van der Waals surface area contributed by atoms with Gasteiger partial charge in [0.05, 0.1) is 12.3 Å². The van der Waals surface area contributed by atoms with Crippen molar-refractivity contribution in [3.8, 4) is 11.5 Å². The second kappa shape index (κ2) is 12.7. The van der Waals surface area contributed by atoms with Crippen LogP contribution in [0.5, 0.6) is 11.5 Å². The number of hydrogen-bond donors (Lipinski definition) is 0. The molecule has 0 amide bonds. The Hall–Kier alpha value is -2.75. The Bertz CT molecular complexity index is 832. The highest BCUT2D eigenvalue weighted by atomic mass is 16.6. The number of aryl methyl sites for hydroxylation is 3. The van der Waals surface area contributed by atoms with Gasteiger partial charge in [0.25, 0.3) is 0 Å². The number of benzene rings is 2. The third-order valence-electron chi connectivity index (χ3n) is 4.92. The number of allylic oxidation sites excluding steroid dienone is 1. The van der Waals surface area contributed by atoms with Crippen molar-refractivity contribution in [3.05, 3.63) is 70.8 Å². The molecular formula is C26H35NO3. The average Bonchev–Trinajstić information content (AvgIpc) is 2.74. The topological polar surface area (TPSA) is 40.0 Å². The summed E-state index contributed by atoms with van der Waals surface area (Å²) in [4.78, 5) is 4.96. The van der Waals surface area contributed by atoms with Crippen LogP contribution in [0.1, 0.15) is 55.4 Å². The first-order valence-corrected chi connectivity index (χ1v) is 10.8. The van der Waals surface area contributed by atoms with Crippen LogP contribution in [0.2, 0.25) is 0 Å². The lowest BCUT2D eigenvalue weighted by atomic mass is 10.0. The van der Waals surface area contributed by atoms with Gasteiger partial charge in [0, 0.05) is 0 Å². The molecule has 0 N–H and O–H groups in total. The van der Waals surface area contributed by atoms with Crippen LogP contribution in [0.25, 0.3) is 0 Å². The number of ether oxygens (including phenoxy) is 2. The second-order valence-electron chi connectivity index (χ2n) is 7.35. The molecule has 0 fully saturated rings. The van der Waals surface area contributed by atoms with Crippen LogP contribution in [-0.2, 0) is 11.3 Å². The second-order valence-corrected chi connectivity index (χ2v) is 7.35. The van der Waals surface area contributed by atoms with Gasteiger partial charge in [-0.1, -0.05) is 42.4 Å². The van der Waals surface area contributed by atoms with Crippen LogP contribution in [0, 0.1) is 13.8 Å². The van der Waals surface area contributed by atoms with E-state index in [1.165, 1.54) is 5.56 Å². The lowest BCUT2D eigenvalue weighted by Crippen LogP contribution is -2.03. The van der Waals surface area contributed by atoms with Crippen LogP contribution in [0.15, 0.2) is 53.7 Å². The van der Waals surface area contributed by atoms with Crippen molar-refractivity contribution in [2.75, 3.05) is 20.3 Å². The van der Waals surface area contributed by atoms with E-state index >= 15 is 0 Å². The summed E-state index contributed by atoms with van der Waals surface area (Å²) in [5, 5.41) is 4.13. The third kappa shape index (κ3) is 7.25. The Balaban J connectivity index is 1.84. The molecule has 0 saturated heterocycles. The molecule has 0 atom stereocenters. The number of unbranched alkanes of at least 4 members (excludes halogenated alkanes) is 1. The van der Waals surface area contributed by atoms with Gasteiger partial charge in [-0.05, 0) is 86.9 Å². The standard InChI is InChI=1S/C26H35NO3/c1-6-8-15-29-24-17-20(3)26(21(4)18-24)30-16-10-9-12-22-13-11-14-23(19-22)25(7-2)27-28-5/h6,8,11,13-14,17-19H,7,9-10,12,15-16H2,1-5H3/b8-6+,27-25?. The Morgan fingerprint density at radius 3 is 2.47 bits per heavy atom. The Morgan fingerprint density at radius 2 is 1.80 bits per heavy atom. The van der Waals surface area contributed by atoms with Crippen molar-refractivity contribution in [3.63, 3.8) is 0 Å². The average molecular weight is 410 g/mol. The van der Waals surface area contributed by atoms with Crippen molar-refractivity contribution in [1.29, 1.82) is 0 Å². The van der Waals surface area contributed by atoms with Gasteiger partial charge >= 0.3 is 0 Å². The number of hydrogen-bond acceptors (Lipinski definition) is 4. The summed E-state index contributed by atoms with van der Waals surface area (Å²) in [5.41, 5.74) is 5.66. The molecule has 0 saturated carbocycles. The fourth-order valence-corrected chi connectivity index (χ4v) is 3.41. The van der Waals surface area contributed by atoms with Crippen molar-refractivity contribution in [2.24, 2.45) is 5.16 Å². The zero-order valence-corrected chi connectivity index (χ0v) is 19.0. The summed E-state index contributed by atoms with van der Waals surface area (Å²) in [5.74, 6) is 1.86. The smallest absolute Gasteiger partial charge is 0.125 e. The van der Waals surface area contributed by atoms with Gasteiger partial charge in [-0.25, -0.2) is 0 Å². The van der Waals surface area contributed by atoms with Gasteiger partial charge in [0.2, 0.25) is 0 Å². The minimum absolute atomic E-state index is 0.591. The SMILES string of the molecule is C/C=C/COc1cc(C)c(OCCCCc2cccc(C(CC)=NOC)c2)c(C)c1. The summed E-state index contributed by atoms with van der Waals surface area (Å²) in [6, 6.07) is 12.7. The minimum Gasteiger partial charge on any atom is -0.493 e. The van der Waals surface area contributed by atoms with E-state index in [2.05, 4.69) is 50.2 Å². The Labute approximate surface area is 181 Å². The third-order valence-corrected chi connectivity index (χ3v) is 4.92. The molecule has 4 nitrogen and oxygen atoms in total. The first-order chi connectivity index (χ1) is 14.6. The summed E-state index contributed by atoms with van der Waals surface area (Å²) >= 11 is 0. The van der Waals surface area contributed by atoms with Crippen LogP contribution < -0.4 is 9.47 Å². The quantitative estimate of drug-likeness (QED) is 0.176. The molecule has 162 valence electrons. The summed E-state index contributed by atoms with van der Waals surface area (Å²) in [6.45, 7) is 9.53. The molecule has 0 spiro atoms. The highest BCUT2D eigenvalue weighted by molar-refractivity contribution is 6.00. The maximum absolute atomic E-state index is 6.09. The molecule has 0 aliphatic carbocycles. The highest BCUT2D eigenvalue weighted by Gasteiger charge is 2.08. The molecule has 2 aromatic carbocycles. The lowest BCUT2D eigenvalue weighted by molar-refractivity contribution is 0.213. The largest absolute Gasteiger partial charge is 0.493 e. The highest BCUT2D eigenvalue weighted by Crippen LogP contribution is 2.28. The molecule has 0 radical (unpaired) electrons. The van der Waals surface area contributed by atoms with Crippen molar-refractivity contribution in [2.45, 2.75) is 53.4 Å². The predicted molar refractivity (Wildman–Crippen MR) is 125 cm³/mol. The predicted octanol–water partition coefficient (Wildman–Crippen LogP) is 6.42. The molecule has 0 aliphatic heterocycles. The molecule has 0 bridgehead atoms. The van der Waals surface area contributed by atoms with Crippen LogP contribution in [0.4, 0.5) is 0 Å². The number of oxime groups is 1. The first-order valence-electron chi connectivity index (χ1n) is 10.8. The Kier molecular flexibility index (Phi) is 9.99. The number of rotatable bonds is 12. The molecule has 30 heavy (non-hydrogen) atoms. The van der Waals surface area contributed by atoms with E-state index in [4.69, 9.17) is 14.3 Å². The van der Waals surface area contributed by atoms with E-state index in [1.54, 1.807) is 7.11 Å². The monoisotopic (exact) mass is 409 g/mol. The van der Waals surface area contributed by atoms with E-state index in [0.717, 1.165) is 59.6 Å². The van der Waals surface area contributed by atoms with Gasteiger partial charge < -0.3 is 14.3 Å². The lowest BCUT2D eigenvalue weighted by Gasteiger charge is -2.14. The van der Waals surface area contributed by atoms with Crippen LogP contribution >= 0.6 is 0 Å². The maximum atomic E-state index is 6.09. The number of nitrogens with zero attached hydrogens (tertiary/aromatic N) is 1. The van der Waals surface area contributed by atoms with E-state index < -0.39 is 0 Å². The van der Waals surface area contributed by atoms with Gasteiger partial charge in [-0.15, -0.1) is 0 Å². The zero-order valence-electron chi connectivity index (χ0n) is 19.0. The van der Waals surface area contributed by atoms with Crippen LogP contribution in [0.3, 0.4) is 0 Å². The van der Waals surface area contributed by atoms with E-state index in [0.29, 0.717) is 13.2 Å². The van der Waals surface area contributed by atoms with Gasteiger partial charge in [-0.3, -0.25) is 0 Å². The molecular weight excluding hydrogens is 374 g/mol. The summed E-state index contributed by atoms with van der Waals surface area (Å²) < 4.78 is 11.8. The molecule has 0 heterocycles. The fraction of sp³-hybridized carbons (Fsp3) is 0.423. The van der Waals surface area contributed by atoms with Gasteiger partial charge in [0.1, 0.15) is 25.2 Å². The van der Waals surface area contributed by atoms with Crippen molar-refractivity contribution >= 4 is 5.71 Å². The minimum atomic E-state index is 0.591. The normalized spacial score (nSPS) is 11.7. The molecule has 0 unspecified atom stereocenters. The van der Waals surface area contributed by atoms with Crippen molar-refractivity contribution in [1.82, 2.24) is 0 Å². The zero-order chi connectivity index (χ0) is 21.8.